The number of hydrogen-bond acceptors (Lipinski definition) is 2. The van der Waals surface area contributed by atoms with E-state index in [1.54, 1.807) is 0 Å². The zero-order valence-electron chi connectivity index (χ0n) is 16.9. The van der Waals surface area contributed by atoms with Crippen molar-refractivity contribution >= 4 is 27.8 Å². The highest BCUT2D eigenvalue weighted by Gasteiger charge is 2.29. The summed E-state index contributed by atoms with van der Waals surface area (Å²) < 4.78 is 18.1. The lowest BCUT2D eigenvalue weighted by molar-refractivity contribution is 0.349. The van der Waals surface area contributed by atoms with Gasteiger partial charge >= 0.3 is 0 Å². The summed E-state index contributed by atoms with van der Waals surface area (Å²) in [6.07, 6.45) is 11.8. The molecular weight excluding hydrogens is 352 g/mol. The Morgan fingerprint density at radius 1 is 1.22 bits per heavy atom. The van der Waals surface area contributed by atoms with Gasteiger partial charge < -0.3 is 9.12 Å². The van der Waals surface area contributed by atoms with Gasteiger partial charge in [0.15, 0.2) is 0 Å². The molecule has 0 spiro atoms. The number of rotatable bonds is 6. The predicted molar refractivity (Wildman–Crippen MR) is 116 cm³/mol. The fourth-order valence-corrected chi connectivity index (χ4v) is 5.43. The second-order valence-electron chi connectivity index (χ2n) is 9.37. The van der Waals surface area contributed by atoms with Gasteiger partial charge in [-0.3, -0.25) is 0 Å². The number of nitrogens with one attached hydrogen (secondary N) is 1. The standard InChI is InChI=1S/C23H32N2OS/c1-23(2,3)16-25-15-19(14-24-27(26)20-9-6-10-20)21-12-11-18(13-22(21)25)17-7-4-5-8-17/h7,11-13,15,20,24H,4-6,8-10,14,16H2,1-3H3. The van der Waals surface area contributed by atoms with Crippen LogP contribution in [0.2, 0.25) is 0 Å². The monoisotopic (exact) mass is 384 g/mol. The summed E-state index contributed by atoms with van der Waals surface area (Å²) in [5, 5.41) is 1.65. The SMILES string of the molecule is CC(C)(C)Cn1cc(CN[S+]([O-])C2CCC2)c2ccc(C3=CCCC3)cc21. The van der Waals surface area contributed by atoms with Crippen molar-refractivity contribution in [2.75, 3.05) is 0 Å². The molecule has 27 heavy (non-hydrogen) atoms. The van der Waals surface area contributed by atoms with Crippen LogP contribution in [0.15, 0.2) is 30.5 Å². The summed E-state index contributed by atoms with van der Waals surface area (Å²) in [4.78, 5) is 0. The largest absolute Gasteiger partial charge is 0.598 e. The molecule has 2 aliphatic carbocycles. The average molecular weight is 385 g/mol. The van der Waals surface area contributed by atoms with E-state index in [2.05, 4.69) is 60.5 Å². The van der Waals surface area contributed by atoms with E-state index in [0.29, 0.717) is 11.8 Å². The van der Waals surface area contributed by atoms with E-state index in [1.165, 1.54) is 53.3 Å². The molecule has 2 aromatic rings. The quantitative estimate of drug-likeness (QED) is 0.662. The van der Waals surface area contributed by atoms with Gasteiger partial charge in [-0.25, -0.2) is 0 Å². The maximum Gasteiger partial charge on any atom is 0.135 e. The molecule has 1 aromatic carbocycles. The average Bonchev–Trinajstić information content (AvgIpc) is 3.18. The summed E-state index contributed by atoms with van der Waals surface area (Å²) in [7, 11) is 0. The van der Waals surface area contributed by atoms with Crippen molar-refractivity contribution in [3.8, 4) is 0 Å². The van der Waals surface area contributed by atoms with Crippen LogP contribution in [0.3, 0.4) is 0 Å². The van der Waals surface area contributed by atoms with Crippen molar-refractivity contribution < 1.29 is 4.55 Å². The molecule has 3 nitrogen and oxygen atoms in total. The van der Waals surface area contributed by atoms with E-state index in [0.717, 1.165) is 19.4 Å². The molecule has 1 heterocycles. The van der Waals surface area contributed by atoms with Crippen LogP contribution >= 0.6 is 0 Å². The second-order valence-corrected chi connectivity index (χ2v) is 10.9. The van der Waals surface area contributed by atoms with Gasteiger partial charge in [0.05, 0.1) is 6.54 Å². The van der Waals surface area contributed by atoms with E-state index in [4.69, 9.17) is 0 Å². The van der Waals surface area contributed by atoms with Crippen LogP contribution in [0.25, 0.3) is 16.5 Å². The molecule has 0 aliphatic heterocycles. The first-order valence-corrected chi connectivity index (χ1v) is 11.6. The van der Waals surface area contributed by atoms with Gasteiger partial charge in [0, 0.05) is 35.0 Å². The minimum Gasteiger partial charge on any atom is -0.598 e. The highest BCUT2D eigenvalue weighted by Crippen LogP contribution is 2.33. The van der Waals surface area contributed by atoms with Crippen LogP contribution in [0.1, 0.15) is 70.4 Å². The highest BCUT2D eigenvalue weighted by molar-refractivity contribution is 7.90. The highest BCUT2D eigenvalue weighted by atomic mass is 32.2. The topological polar surface area (TPSA) is 40.0 Å². The Morgan fingerprint density at radius 3 is 2.67 bits per heavy atom. The molecule has 0 radical (unpaired) electrons. The fourth-order valence-electron chi connectivity index (χ4n) is 4.14. The van der Waals surface area contributed by atoms with E-state index in [1.807, 2.05) is 0 Å². The van der Waals surface area contributed by atoms with Crippen molar-refractivity contribution in [1.29, 1.82) is 0 Å². The molecule has 0 bridgehead atoms. The number of aromatic nitrogens is 1. The minimum atomic E-state index is -0.906. The molecule has 1 saturated carbocycles. The summed E-state index contributed by atoms with van der Waals surface area (Å²) in [5.74, 6) is 0. The van der Waals surface area contributed by atoms with Crippen LogP contribution < -0.4 is 4.72 Å². The Kier molecular flexibility index (Phi) is 5.41. The van der Waals surface area contributed by atoms with Crippen LogP contribution in [0, 0.1) is 5.41 Å². The number of fused-ring (bicyclic) bond motifs is 1. The lowest BCUT2D eigenvalue weighted by atomic mass is 9.96. The minimum absolute atomic E-state index is 0.216. The van der Waals surface area contributed by atoms with Crippen molar-refractivity contribution in [2.45, 2.75) is 77.6 Å². The molecule has 1 unspecified atom stereocenters. The van der Waals surface area contributed by atoms with Gasteiger partial charge in [-0.15, -0.1) is 4.72 Å². The summed E-state index contributed by atoms with van der Waals surface area (Å²) in [5.41, 5.74) is 5.64. The van der Waals surface area contributed by atoms with Crippen molar-refractivity contribution in [1.82, 2.24) is 9.29 Å². The molecule has 1 N–H and O–H groups in total. The Labute approximate surface area is 166 Å². The van der Waals surface area contributed by atoms with Crippen molar-refractivity contribution in [2.24, 2.45) is 5.41 Å². The lowest BCUT2D eigenvalue weighted by Gasteiger charge is -2.27. The first kappa shape index (κ1) is 19.1. The zero-order chi connectivity index (χ0) is 19.0. The molecule has 1 aromatic heterocycles. The van der Waals surface area contributed by atoms with E-state index >= 15 is 0 Å². The van der Waals surface area contributed by atoms with Crippen molar-refractivity contribution in [3.63, 3.8) is 0 Å². The summed E-state index contributed by atoms with van der Waals surface area (Å²) in [6, 6.07) is 6.91. The Balaban J connectivity index is 1.63. The first-order chi connectivity index (χ1) is 12.9. The number of benzene rings is 1. The lowest BCUT2D eigenvalue weighted by Crippen LogP contribution is -2.38. The fraction of sp³-hybridized carbons (Fsp3) is 0.565. The third-order valence-corrected chi connectivity index (χ3v) is 7.29. The van der Waals surface area contributed by atoms with Gasteiger partial charge in [-0.05, 0) is 66.7 Å². The normalized spacial score (nSPS) is 19.3. The second kappa shape index (κ2) is 7.65. The van der Waals surface area contributed by atoms with Gasteiger partial charge in [-0.2, -0.15) is 0 Å². The first-order valence-electron chi connectivity index (χ1n) is 10.4. The Bertz CT molecular complexity index is 842. The van der Waals surface area contributed by atoms with Gasteiger partial charge in [0.1, 0.15) is 5.25 Å². The maximum atomic E-state index is 12.4. The van der Waals surface area contributed by atoms with Crippen LogP contribution in [0.5, 0.6) is 0 Å². The van der Waals surface area contributed by atoms with Crippen LogP contribution in [-0.4, -0.2) is 14.4 Å². The van der Waals surface area contributed by atoms with Crippen LogP contribution in [0.4, 0.5) is 0 Å². The smallest absolute Gasteiger partial charge is 0.135 e. The zero-order valence-corrected chi connectivity index (χ0v) is 17.7. The van der Waals surface area contributed by atoms with Crippen LogP contribution in [-0.2, 0) is 24.5 Å². The molecule has 1 atom stereocenters. The molecule has 4 heteroatoms. The molecule has 0 amide bonds. The maximum absolute atomic E-state index is 12.4. The van der Waals surface area contributed by atoms with E-state index < -0.39 is 11.4 Å². The molecule has 146 valence electrons. The number of allylic oxidation sites excluding steroid dienone is 2. The van der Waals surface area contributed by atoms with E-state index in [9.17, 15) is 4.55 Å². The van der Waals surface area contributed by atoms with E-state index in [-0.39, 0.29) is 5.41 Å². The Hall–Kier alpha value is -1.23. The molecule has 1 fully saturated rings. The molecule has 2 aliphatic rings. The van der Waals surface area contributed by atoms with Crippen molar-refractivity contribution in [3.05, 3.63) is 41.6 Å². The Morgan fingerprint density at radius 2 is 2.04 bits per heavy atom. The predicted octanol–water partition coefficient (Wildman–Crippen LogP) is 5.56. The summed E-state index contributed by atoms with van der Waals surface area (Å²) in [6.45, 7) is 8.51. The number of nitrogens with zero attached hydrogens (tertiary/aromatic N) is 1. The summed E-state index contributed by atoms with van der Waals surface area (Å²) >= 11 is -0.906. The third kappa shape index (κ3) is 4.28. The number of hydrogen-bond donors (Lipinski definition) is 1. The molecule has 4 rings (SSSR count). The third-order valence-electron chi connectivity index (χ3n) is 5.78. The molecule has 0 saturated heterocycles. The van der Waals surface area contributed by atoms with Gasteiger partial charge in [-0.1, -0.05) is 39.0 Å². The van der Waals surface area contributed by atoms with Gasteiger partial charge in [0.25, 0.3) is 0 Å². The van der Waals surface area contributed by atoms with Gasteiger partial charge in [0.2, 0.25) is 0 Å². The molecular formula is C23H32N2OS.